The summed E-state index contributed by atoms with van der Waals surface area (Å²) in [6.07, 6.45) is 1.17. The molecule has 0 fully saturated rings. The normalized spacial score (nSPS) is 11.5. The summed E-state index contributed by atoms with van der Waals surface area (Å²) >= 11 is 0. The first kappa shape index (κ1) is 13.0. The van der Waals surface area contributed by atoms with Crippen LogP contribution in [0.4, 0.5) is 0 Å². The number of hydrogen-bond donors (Lipinski definition) is 1. The van der Waals surface area contributed by atoms with Gasteiger partial charge < -0.3 is 9.84 Å². The minimum atomic E-state index is -1.03. The van der Waals surface area contributed by atoms with Gasteiger partial charge in [0.2, 0.25) is 0 Å². The van der Waals surface area contributed by atoms with Crippen molar-refractivity contribution in [3.63, 3.8) is 0 Å². The number of ether oxygens (including phenoxy) is 1. The van der Waals surface area contributed by atoms with Gasteiger partial charge in [-0.15, -0.1) is 0 Å². The van der Waals surface area contributed by atoms with Gasteiger partial charge in [-0.3, -0.25) is 9.59 Å². The van der Waals surface area contributed by atoms with Crippen molar-refractivity contribution >= 4 is 11.9 Å². The quantitative estimate of drug-likeness (QED) is 0.603. The van der Waals surface area contributed by atoms with Gasteiger partial charge in [0.25, 0.3) is 0 Å². The van der Waals surface area contributed by atoms with Crippen LogP contribution in [-0.2, 0) is 14.3 Å². The molecule has 1 rings (SSSR count). The first-order chi connectivity index (χ1) is 8.15. The highest BCUT2D eigenvalue weighted by Gasteiger charge is 2.24. The van der Waals surface area contributed by atoms with Gasteiger partial charge in [0.15, 0.2) is 0 Å². The minimum absolute atomic E-state index is 0.0851. The summed E-state index contributed by atoms with van der Waals surface area (Å²) in [4.78, 5) is 22.4. The highest BCUT2D eigenvalue weighted by atomic mass is 16.5. The highest BCUT2D eigenvalue weighted by Crippen LogP contribution is 2.21. The van der Waals surface area contributed by atoms with Gasteiger partial charge in [0.1, 0.15) is 6.61 Å². The van der Waals surface area contributed by atoms with E-state index in [-0.39, 0.29) is 13.0 Å². The maximum Gasteiger partial charge on any atom is 0.314 e. The van der Waals surface area contributed by atoms with E-state index in [2.05, 4.69) is 6.58 Å². The molecule has 0 radical (unpaired) electrons. The molecule has 0 unspecified atom stereocenters. The van der Waals surface area contributed by atoms with Crippen molar-refractivity contribution in [2.75, 3.05) is 6.61 Å². The van der Waals surface area contributed by atoms with E-state index in [0.717, 1.165) is 0 Å². The largest absolute Gasteiger partial charge is 0.481 e. The average molecular weight is 234 g/mol. The van der Waals surface area contributed by atoms with Crippen LogP contribution in [0.25, 0.3) is 0 Å². The molecule has 1 aromatic rings. The third-order valence-electron chi connectivity index (χ3n) is 2.21. The number of benzene rings is 1. The van der Waals surface area contributed by atoms with E-state index in [1.165, 1.54) is 6.08 Å². The number of aliphatic carboxylic acids is 1. The second kappa shape index (κ2) is 6.48. The van der Waals surface area contributed by atoms with Crippen molar-refractivity contribution in [3.05, 3.63) is 48.6 Å². The van der Waals surface area contributed by atoms with E-state index in [4.69, 9.17) is 9.84 Å². The number of carboxylic acid groups (broad SMARTS) is 1. The van der Waals surface area contributed by atoms with Crippen LogP contribution in [0.5, 0.6) is 0 Å². The number of carbonyl (C=O) groups excluding carboxylic acids is 1. The van der Waals surface area contributed by atoms with Gasteiger partial charge in [0.05, 0.1) is 12.3 Å². The van der Waals surface area contributed by atoms with Crippen LogP contribution in [0.15, 0.2) is 43.0 Å². The molecule has 0 aromatic heterocycles. The summed E-state index contributed by atoms with van der Waals surface area (Å²) in [5.41, 5.74) is 0.643. The zero-order chi connectivity index (χ0) is 12.7. The Hall–Kier alpha value is -2.10. The van der Waals surface area contributed by atoms with Crippen LogP contribution in [0.3, 0.4) is 0 Å². The summed E-state index contributed by atoms with van der Waals surface area (Å²) in [6.45, 7) is 3.52. The molecule has 0 saturated carbocycles. The fraction of sp³-hybridized carbons (Fsp3) is 0.231. The van der Waals surface area contributed by atoms with Crippen molar-refractivity contribution in [3.8, 4) is 0 Å². The molecule has 90 valence electrons. The van der Waals surface area contributed by atoms with Crippen molar-refractivity contribution in [1.29, 1.82) is 0 Å². The number of carboxylic acids is 1. The predicted molar refractivity (Wildman–Crippen MR) is 62.6 cm³/mol. The lowest BCUT2D eigenvalue weighted by molar-refractivity contribution is -0.148. The van der Waals surface area contributed by atoms with Crippen LogP contribution in [0.2, 0.25) is 0 Å². The molecule has 17 heavy (non-hydrogen) atoms. The molecule has 0 aliphatic carbocycles. The number of carbonyl (C=O) groups is 2. The molecule has 0 spiro atoms. The van der Waals surface area contributed by atoms with E-state index < -0.39 is 17.9 Å². The molecule has 0 saturated heterocycles. The second-order valence-electron chi connectivity index (χ2n) is 3.48. The Morgan fingerprint density at radius 3 is 2.53 bits per heavy atom. The second-order valence-corrected chi connectivity index (χ2v) is 3.48. The smallest absolute Gasteiger partial charge is 0.314 e. The van der Waals surface area contributed by atoms with Crippen molar-refractivity contribution in [2.24, 2.45) is 0 Å². The van der Waals surface area contributed by atoms with Gasteiger partial charge in [-0.2, -0.15) is 0 Å². The van der Waals surface area contributed by atoms with Gasteiger partial charge in [0, 0.05) is 0 Å². The Labute approximate surface area is 99.5 Å². The van der Waals surface area contributed by atoms with Crippen molar-refractivity contribution < 1.29 is 19.4 Å². The lowest BCUT2D eigenvalue weighted by Gasteiger charge is -2.13. The molecule has 1 N–H and O–H groups in total. The molecular weight excluding hydrogens is 220 g/mol. The van der Waals surface area contributed by atoms with Gasteiger partial charge >= 0.3 is 11.9 Å². The Morgan fingerprint density at radius 2 is 2.00 bits per heavy atom. The van der Waals surface area contributed by atoms with Crippen molar-refractivity contribution in [2.45, 2.75) is 12.3 Å². The average Bonchev–Trinajstić information content (AvgIpc) is 2.34. The van der Waals surface area contributed by atoms with E-state index in [9.17, 15) is 9.59 Å². The fourth-order valence-corrected chi connectivity index (χ4v) is 1.44. The van der Waals surface area contributed by atoms with Crippen LogP contribution >= 0.6 is 0 Å². The van der Waals surface area contributed by atoms with Gasteiger partial charge in [-0.25, -0.2) is 0 Å². The maximum atomic E-state index is 11.7. The number of rotatable bonds is 6. The molecular formula is C13H14O4. The van der Waals surface area contributed by atoms with Crippen molar-refractivity contribution in [1.82, 2.24) is 0 Å². The monoisotopic (exact) mass is 234 g/mol. The Balaban J connectivity index is 2.84. The minimum Gasteiger partial charge on any atom is -0.481 e. The summed E-state index contributed by atoms with van der Waals surface area (Å²) in [5, 5.41) is 8.79. The Morgan fingerprint density at radius 1 is 1.35 bits per heavy atom. The lowest BCUT2D eigenvalue weighted by Crippen LogP contribution is -2.19. The van der Waals surface area contributed by atoms with Crippen LogP contribution < -0.4 is 0 Å². The van der Waals surface area contributed by atoms with Crippen LogP contribution in [0, 0.1) is 0 Å². The summed E-state index contributed by atoms with van der Waals surface area (Å²) < 4.78 is 4.89. The van der Waals surface area contributed by atoms with Gasteiger partial charge in [-0.1, -0.05) is 43.0 Å². The van der Waals surface area contributed by atoms with E-state index in [1.807, 2.05) is 0 Å². The zero-order valence-electron chi connectivity index (χ0n) is 9.33. The standard InChI is InChI=1S/C13H14O4/c1-2-8-17-13(16)11(9-12(14)15)10-6-4-3-5-7-10/h2-7,11H,1,8-9H2,(H,14,15)/t11-/m1/s1. The first-order valence-corrected chi connectivity index (χ1v) is 5.19. The third-order valence-corrected chi connectivity index (χ3v) is 2.21. The summed E-state index contributed by atoms with van der Waals surface area (Å²) in [7, 11) is 0. The first-order valence-electron chi connectivity index (χ1n) is 5.19. The van der Waals surface area contributed by atoms with Crippen LogP contribution in [0.1, 0.15) is 17.9 Å². The molecule has 1 atom stereocenters. The highest BCUT2D eigenvalue weighted by molar-refractivity contribution is 5.83. The molecule has 4 heteroatoms. The predicted octanol–water partition coefficient (Wildman–Crippen LogP) is 1.97. The molecule has 0 bridgehead atoms. The topological polar surface area (TPSA) is 63.6 Å². The Bertz CT molecular complexity index is 397. The number of esters is 1. The zero-order valence-corrected chi connectivity index (χ0v) is 9.33. The molecule has 0 heterocycles. The van der Waals surface area contributed by atoms with E-state index >= 15 is 0 Å². The molecule has 0 aliphatic heterocycles. The molecule has 1 aromatic carbocycles. The third kappa shape index (κ3) is 4.10. The number of hydrogen-bond acceptors (Lipinski definition) is 3. The SMILES string of the molecule is C=CCOC(=O)[C@H](CC(=O)O)c1ccccc1. The van der Waals surface area contributed by atoms with Gasteiger partial charge in [-0.05, 0) is 5.56 Å². The molecule has 0 amide bonds. The van der Waals surface area contributed by atoms with E-state index in [1.54, 1.807) is 30.3 Å². The maximum absolute atomic E-state index is 11.7. The summed E-state index contributed by atoms with van der Waals surface area (Å²) in [5.74, 6) is -2.35. The summed E-state index contributed by atoms with van der Waals surface area (Å²) in [6, 6.07) is 8.73. The fourth-order valence-electron chi connectivity index (χ4n) is 1.44. The van der Waals surface area contributed by atoms with E-state index in [0.29, 0.717) is 5.56 Å². The molecule has 4 nitrogen and oxygen atoms in total. The lowest BCUT2D eigenvalue weighted by atomic mass is 9.96. The Kier molecular flexibility index (Phi) is 4.94. The molecule has 0 aliphatic rings. The van der Waals surface area contributed by atoms with Crippen LogP contribution in [-0.4, -0.2) is 23.7 Å².